The number of aldehydes is 1. The van der Waals surface area contributed by atoms with E-state index >= 15 is 0 Å². The fourth-order valence-corrected chi connectivity index (χ4v) is 3.27. The summed E-state index contributed by atoms with van der Waals surface area (Å²) in [5.41, 5.74) is 2.49. The molecule has 3 aromatic rings. The van der Waals surface area contributed by atoms with Crippen LogP contribution in [-0.4, -0.2) is 24.0 Å². The minimum Gasteiger partial charge on any atom is -0.503 e. The quantitative estimate of drug-likeness (QED) is 0.305. The van der Waals surface area contributed by atoms with Gasteiger partial charge in [0.05, 0.1) is 11.9 Å². The number of benzene rings is 3. The van der Waals surface area contributed by atoms with Gasteiger partial charge in [0.1, 0.15) is 23.8 Å². The number of carbonyl (C=O) groups is 1. The molecule has 0 amide bonds. The van der Waals surface area contributed by atoms with Crippen molar-refractivity contribution < 1.29 is 32.5 Å². The topological polar surface area (TPSA) is 71.4 Å². The summed E-state index contributed by atoms with van der Waals surface area (Å²) >= 11 is 0. The molecule has 0 fully saturated rings. The molecule has 0 aromatic heterocycles. The molecule has 3 aromatic carbocycles. The van der Waals surface area contributed by atoms with Crippen molar-refractivity contribution in [3.63, 3.8) is 0 Å². The maximum Gasteiger partial charge on any atom is 0.573 e. The zero-order valence-electron chi connectivity index (χ0n) is 17.0. The first-order valence-corrected chi connectivity index (χ1v) is 9.73. The number of alkyl halides is 3. The molecule has 0 atom stereocenters. The van der Waals surface area contributed by atoms with Gasteiger partial charge in [0.2, 0.25) is 0 Å². The highest BCUT2D eigenvalue weighted by Gasteiger charge is 2.31. The number of aliphatic hydroxyl groups excluding tert-OH is 1. The lowest BCUT2D eigenvalue weighted by atomic mass is 10.0. The molecule has 6 nitrogen and oxygen atoms in total. The molecule has 1 aliphatic heterocycles. The number of allylic oxidation sites excluding steroid dienone is 1. The van der Waals surface area contributed by atoms with Crippen molar-refractivity contribution in [3.05, 3.63) is 95.2 Å². The van der Waals surface area contributed by atoms with Crippen molar-refractivity contribution in [1.29, 1.82) is 0 Å². The van der Waals surface area contributed by atoms with Crippen LogP contribution in [0.15, 0.2) is 83.7 Å². The van der Waals surface area contributed by atoms with Gasteiger partial charge in [-0.1, -0.05) is 30.3 Å². The van der Waals surface area contributed by atoms with E-state index in [-0.39, 0.29) is 12.0 Å². The summed E-state index contributed by atoms with van der Waals surface area (Å²) in [7, 11) is 0. The zero-order chi connectivity index (χ0) is 23.4. The maximum absolute atomic E-state index is 12.4. The molecule has 1 N–H and O–H groups in total. The zero-order valence-corrected chi connectivity index (χ0v) is 17.0. The van der Waals surface area contributed by atoms with Crippen molar-refractivity contribution >= 4 is 23.9 Å². The summed E-state index contributed by atoms with van der Waals surface area (Å²) in [5, 5.41) is 15.8. The molecule has 1 aliphatic rings. The van der Waals surface area contributed by atoms with E-state index in [1.54, 1.807) is 18.2 Å². The summed E-state index contributed by atoms with van der Waals surface area (Å²) in [5.74, 6) is -0.421. The van der Waals surface area contributed by atoms with Gasteiger partial charge in [-0.3, -0.25) is 4.79 Å². The minimum absolute atomic E-state index is 0.0848. The van der Waals surface area contributed by atoms with E-state index in [4.69, 9.17) is 4.74 Å². The number of nitrogens with zero attached hydrogens (tertiary/aromatic N) is 2. The number of hydrazone groups is 1. The molecule has 168 valence electrons. The molecule has 0 radical (unpaired) electrons. The lowest BCUT2D eigenvalue weighted by Crippen LogP contribution is -2.22. The summed E-state index contributed by atoms with van der Waals surface area (Å²) in [6.07, 6.45) is -3.04. The van der Waals surface area contributed by atoms with Crippen LogP contribution in [0.4, 0.5) is 18.9 Å². The average molecular weight is 454 g/mol. The molecule has 4 rings (SSSR count). The second-order valence-corrected chi connectivity index (χ2v) is 6.97. The maximum atomic E-state index is 12.4. The van der Waals surface area contributed by atoms with Gasteiger partial charge in [-0.2, -0.15) is 5.10 Å². The predicted octanol–water partition coefficient (Wildman–Crippen LogP) is 5.44. The van der Waals surface area contributed by atoms with Gasteiger partial charge in [-0.15, -0.1) is 13.2 Å². The first-order chi connectivity index (χ1) is 15.8. The van der Waals surface area contributed by atoms with Crippen molar-refractivity contribution in [3.8, 4) is 11.5 Å². The van der Waals surface area contributed by atoms with Gasteiger partial charge in [-0.05, 0) is 48.0 Å². The number of aliphatic hydroxyl groups is 1. The number of rotatable bonds is 6. The fourth-order valence-electron chi connectivity index (χ4n) is 3.27. The second-order valence-electron chi connectivity index (χ2n) is 6.97. The Labute approximate surface area is 186 Å². The van der Waals surface area contributed by atoms with Crippen LogP contribution in [0.2, 0.25) is 0 Å². The van der Waals surface area contributed by atoms with Gasteiger partial charge in [0.15, 0.2) is 12.0 Å². The molecular weight excluding hydrogens is 437 g/mol. The van der Waals surface area contributed by atoms with E-state index in [0.717, 1.165) is 17.7 Å². The van der Waals surface area contributed by atoms with E-state index in [1.165, 1.54) is 23.4 Å². The van der Waals surface area contributed by atoms with Crippen LogP contribution in [0.5, 0.6) is 11.5 Å². The van der Waals surface area contributed by atoms with Crippen LogP contribution >= 0.6 is 0 Å². The molecule has 0 aliphatic carbocycles. The number of halogens is 3. The van der Waals surface area contributed by atoms with E-state index < -0.39 is 17.9 Å². The first kappa shape index (κ1) is 21.9. The smallest absolute Gasteiger partial charge is 0.503 e. The molecule has 0 bridgehead atoms. The molecule has 0 saturated carbocycles. The summed E-state index contributed by atoms with van der Waals surface area (Å²) in [6.45, 7) is 0.359. The van der Waals surface area contributed by atoms with Crippen LogP contribution < -0.4 is 14.5 Å². The number of carbonyl (C=O) groups excluding carboxylic acids is 1. The average Bonchev–Trinajstić information content (AvgIpc) is 2.81. The Kier molecular flexibility index (Phi) is 6.03. The molecular formula is C24H17F3N2O4. The third kappa shape index (κ3) is 5.15. The van der Waals surface area contributed by atoms with Crippen molar-refractivity contribution in [2.75, 3.05) is 5.01 Å². The Balaban J connectivity index is 1.61. The standard InChI is InChI=1S/C24H17F3N2O4/c25-24(26,27)33-19-8-6-18(7-9-19)29-23(22(31)14-30)21-11-10-20(12-17(21)13-28-29)32-15-16-4-2-1-3-5-16/h1-14,31H,15H2. The Morgan fingerprint density at radius 3 is 2.36 bits per heavy atom. The van der Waals surface area contributed by atoms with Crippen LogP contribution in [-0.2, 0) is 11.4 Å². The van der Waals surface area contributed by atoms with Crippen LogP contribution in [0.25, 0.3) is 5.70 Å². The minimum atomic E-state index is -4.81. The lowest BCUT2D eigenvalue weighted by Gasteiger charge is -2.27. The second kappa shape index (κ2) is 9.07. The van der Waals surface area contributed by atoms with Crippen LogP contribution in [0.3, 0.4) is 0 Å². The highest BCUT2D eigenvalue weighted by atomic mass is 19.4. The molecule has 33 heavy (non-hydrogen) atoms. The monoisotopic (exact) mass is 454 g/mol. The van der Waals surface area contributed by atoms with Crippen molar-refractivity contribution in [2.24, 2.45) is 5.10 Å². The molecule has 1 heterocycles. The van der Waals surface area contributed by atoms with Gasteiger partial charge < -0.3 is 14.6 Å². The molecule has 0 spiro atoms. The van der Waals surface area contributed by atoms with E-state index in [9.17, 15) is 23.1 Å². The predicted molar refractivity (Wildman–Crippen MR) is 116 cm³/mol. The highest BCUT2D eigenvalue weighted by Crippen LogP contribution is 2.35. The van der Waals surface area contributed by atoms with E-state index in [2.05, 4.69) is 9.84 Å². The highest BCUT2D eigenvalue weighted by molar-refractivity contribution is 6.01. The Bertz CT molecular complexity index is 1210. The Hall–Kier alpha value is -4.27. The summed E-state index contributed by atoms with van der Waals surface area (Å²) < 4.78 is 46.9. The van der Waals surface area contributed by atoms with E-state index in [1.807, 2.05) is 30.3 Å². The van der Waals surface area contributed by atoms with Crippen molar-refractivity contribution in [1.82, 2.24) is 0 Å². The first-order valence-electron chi connectivity index (χ1n) is 9.73. The fraction of sp³-hybridized carbons (Fsp3) is 0.0833. The number of anilines is 1. The Morgan fingerprint density at radius 1 is 1.00 bits per heavy atom. The lowest BCUT2D eigenvalue weighted by molar-refractivity contribution is -0.274. The van der Waals surface area contributed by atoms with Gasteiger partial charge in [-0.25, -0.2) is 5.01 Å². The van der Waals surface area contributed by atoms with Gasteiger partial charge in [0.25, 0.3) is 0 Å². The third-order valence-corrected chi connectivity index (χ3v) is 4.72. The largest absolute Gasteiger partial charge is 0.573 e. The number of hydrogen-bond donors (Lipinski definition) is 1. The Morgan fingerprint density at radius 2 is 1.70 bits per heavy atom. The SMILES string of the molecule is O=CC(O)=C1c2ccc(OCc3ccccc3)cc2C=NN1c1ccc(OC(F)(F)F)cc1. The molecule has 9 heteroatoms. The number of ether oxygens (including phenoxy) is 2. The van der Waals surface area contributed by atoms with Gasteiger partial charge in [0, 0.05) is 11.1 Å². The van der Waals surface area contributed by atoms with E-state index in [0.29, 0.717) is 29.2 Å². The van der Waals surface area contributed by atoms with Gasteiger partial charge >= 0.3 is 6.36 Å². The summed E-state index contributed by atoms with van der Waals surface area (Å²) in [6, 6.07) is 19.6. The van der Waals surface area contributed by atoms with Crippen LogP contribution in [0, 0.1) is 0 Å². The number of fused-ring (bicyclic) bond motifs is 1. The molecule has 0 unspecified atom stereocenters. The van der Waals surface area contributed by atoms with Crippen LogP contribution in [0.1, 0.15) is 16.7 Å². The normalized spacial score (nSPS) is 14.5. The third-order valence-electron chi connectivity index (χ3n) is 4.72. The number of hydrogen-bond acceptors (Lipinski definition) is 6. The van der Waals surface area contributed by atoms with Crippen molar-refractivity contribution in [2.45, 2.75) is 13.0 Å². The molecule has 0 saturated heterocycles. The summed E-state index contributed by atoms with van der Waals surface area (Å²) in [4.78, 5) is 11.4.